The van der Waals surface area contributed by atoms with Crippen LogP contribution in [0.3, 0.4) is 0 Å². The fourth-order valence-corrected chi connectivity index (χ4v) is 1.83. The number of carbonyl (C=O) groups excluding carboxylic acids is 1. The lowest BCUT2D eigenvalue weighted by Crippen LogP contribution is -2.08. The summed E-state index contributed by atoms with van der Waals surface area (Å²) in [6.07, 6.45) is 1.50. The minimum atomic E-state index is -0.555. The van der Waals surface area contributed by atoms with Crippen LogP contribution in [0.4, 0.5) is 5.82 Å². The Bertz CT molecular complexity index is 593. The number of benzene rings is 1. The van der Waals surface area contributed by atoms with Crippen LogP contribution in [0.2, 0.25) is 0 Å². The number of carbonyl (C=O) groups is 1. The Morgan fingerprint density at radius 2 is 2.11 bits per heavy atom. The summed E-state index contributed by atoms with van der Waals surface area (Å²) >= 11 is 0. The summed E-state index contributed by atoms with van der Waals surface area (Å²) in [5.74, 6) is -0.309. The molecule has 0 fully saturated rings. The van der Waals surface area contributed by atoms with Crippen LogP contribution >= 0.6 is 0 Å². The monoisotopic (exact) mass is 261 g/mol. The molecular formula is C13H15N3O3. The molecule has 0 unspecified atom stereocenters. The van der Waals surface area contributed by atoms with Gasteiger partial charge in [0.25, 0.3) is 0 Å². The van der Waals surface area contributed by atoms with Crippen molar-refractivity contribution in [2.24, 2.45) is 0 Å². The average Bonchev–Trinajstić information content (AvgIpc) is 2.81. The van der Waals surface area contributed by atoms with Crippen molar-refractivity contribution < 1.29 is 14.3 Å². The largest absolute Gasteiger partial charge is 0.464 e. The molecule has 0 radical (unpaired) electrons. The Balaban J connectivity index is 2.48. The van der Waals surface area contributed by atoms with E-state index in [1.807, 2.05) is 24.3 Å². The number of nitrogen functional groups attached to an aromatic ring is 1. The van der Waals surface area contributed by atoms with Crippen LogP contribution in [0.15, 0.2) is 30.6 Å². The van der Waals surface area contributed by atoms with E-state index in [9.17, 15) is 4.79 Å². The van der Waals surface area contributed by atoms with Crippen LogP contribution in [0.5, 0.6) is 0 Å². The lowest BCUT2D eigenvalue weighted by molar-refractivity contribution is 0.0596. The van der Waals surface area contributed by atoms with Gasteiger partial charge in [0.1, 0.15) is 12.1 Å². The first-order valence-corrected chi connectivity index (χ1v) is 5.67. The van der Waals surface area contributed by atoms with Gasteiger partial charge in [-0.05, 0) is 6.07 Å². The number of aromatic nitrogens is 2. The Kier molecular flexibility index (Phi) is 3.82. The fraction of sp³-hybridized carbons (Fsp3) is 0.231. The number of hydrogen-bond acceptors (Lipinski definition) is 5. The van der Waals surface area contributed by atoms with Crippen LogP contribution in [0.1, 0.15) is 16.1 Å². The molecule has 2 N–H and O–H groups in total. The lowest BCUT2D eigenvalue weighted by atomic mass is 10.2. The van der Waals surface area contributed by atoms with Crippen molar-refractivity contribution in [1.82, 2.24) is 9.55 Å². The van der Waals surface area contributed by atoms with E-state index in [0.29, 0.717) is 6.61 Å². The van der Waals surface area contributed by atoms with Gasteiger partial charge in [-0.25, -0.2) is 9.78 Å². The van der Waals surface area contributed by atoms with Crippen LogP contribution in [-0.2, 0) is 16.1 Å². The zero-order valence-corrected chi connectivity index (χ0v) is 10.8. The Morgan fingerprint density at radius 1 is 1.37 bits per heavy atom. The van der Waals surface area contributed by atoms with E-state index in [1.54, 1.807) is 11.7 Å². The number of methoxy groups -OCH3 is 2. The highest BCUT2D eigenvalue weighted by atomic mass is 16.5. The van der Waals surface area contributed by atoms with Crippen molar-refractivity contribution in [3.05, 3.63) is 41.9 Å². The molecule has 0 spiro atoms. The number of ether oxygens (including phenoxy) is 2. The first kappa shape index (κ1) is 13.1. The molecule has 1 heterocycles. The second-order valence-electron chi connectivity index (χ2n) is 3.90. The second-order valence-corrected chi connectivity index (χ2v) is 3.90. The van der Waals surface area contributed by atoms with Gasteiger partial charge < -0.3 is 15.2 Å². The van der Waals surface area contributed by atoms with E-state index in [1.165, 1.54) is 13.4 Å². The lowest BCUT2D eigenvalue weighted by Gasteiger charge is -2.10. The molecule has 2 rings (SSSR count). The minimum absolute atomic E-state index is 0.106. The molecule has 100 valence electrons. The van der Waals surface area contributed by atoms with Gasteiger partial charge in [-0.3, -0.25) is 4.57 Å². The van der Waals surface area contributed by atoms with E-state index in [-0.39, 0.29) is 11.5 Å². The smallest absolute Gasteiger partial charge is 0.360 e. The Hall–Kier alpha value is -2.34. The number of nitrogens with two attached hydrogens (primary N) is 1. The zero-order valence-electron chi connectivity index (χ0n) is 10.8. The summed E-state index contributed by atoms with van der Waals surface area (Å²) in [4.78, 5) is 15.5. The first-order valence-electron chi connectivity index (χ1n) is 5.67. The predicted octanol–water partition coefficient (Wildman–Crippen LogP) is 1.39. The molecule has 6 heteroatoms. The fourth-order valence-electron chi connectivity index (χ4n) is 1.83. The third-order valence-corrected chi connectivity index (χ3v) is 2.73. The van der Waals surface area contributed by atoms with Crippen molar-refractivity contribution in [3.63, 3.8) is 0 Å². The maximum Gasteiger partial charge on any atom is 0.360 e. The maximum absolute atomic E-state index is 11.5. The molecule has 6 nitrogen and oxygen atoms in total. The molecule has 1 aromatic carbocycles. The number of hydrogen-bond donors (Lipinski definition) is 1. The van der Waals surface area contributed by atoms with Crippen LogP contribution < -0.4 is 5.73 Å². The van der Waals surface area contributed by atoms with E-state index >= 15 is 0 Å². The molecule has 19 heavy (non-hydrogen) atoms. The highest BCUT2D eigenvalue weighted by Crippen LogP contribution is 2.21. The quantitative estimate of drug-likeness (QED) is 0.841. The number of imidazole rings is 1. The van der Waals surface area contributed by atoms with Gasteiger partial charge in [-0.2, -0.15) is 0 Å². The highest BCUT2D eigenvalue weighted by Gasteiger charge is 2.17. The van der Waals surface area contributed by atoms with Crippen molar-refractivity contribution in [1.29, 1.82) is 0 Å². The molecule has 2 aromatic rings. The summed E-state index contributed by atoms with van der Waals surface area (Å²) in [5.41, 5.74) is 7.82. The van der Waals surface area contributed by atoms with E-state index in [2.05, 4.69) is 9.72 Å². The van der Waals surface area contributed by atoms with Gasteiger partial charge in [0.05, 0.1) is 19.4 Å². The molecule has 0 aliphatic rings. The molecule has 0 bridgehead atoms. The predicted molar refractivity (Wildman–Crippen MR) is 70.0 cm³/mol. The third-order valence-electron chi connectivity index (χ3n) is 2.73. The average molecular weight is 261 g/mol. The Labute approximate surface area is 110 Å². The first-order chi connectivity index (χ1) is 9.19. The van der Waals surface area contributed by atoms with E-state index in [0.717, 1.165) is 11.3 Å². The molecular weight excluding hydrogens is 246 g/mol. The van der Waals surface area contributed by atoms with Crippen LogP contribution in [0.25, 0.3) is 5.69 Å². The van der Waals surface area contributed by atoms with Crippen LogP contribution in [-0.4, -0.2) is 29.7 Å². The highest BCUT2D eigenvalue weighted by molar-refractivity contribution is 5.92. The summed E-state index contributed by atoms with van der Waals surface area (Å²) < 4.78 is 11.4. The van der Waals surface area contributed by atoms with Gasteiger partial charge in [0.2, 0.25) is 0 Å². The number of para-hydroxylation sites is 1. The van der Waals surface area contributed by atoms with Crippen molar-refractivity contribution >= 4 is 11.8 Å². The van der Waals surface area contributed by atoms with Crippen molar-refractivity contribution in [2.45, 2.75) is 6.61 Å². The Morgan fingerprint density at radius 3 is 2.79 bits per heavy atom. The van der Waals surface area contributed by atoms with Gasteiger partial charge in [0, 0.05) is 12.7 Å². The summed E-state index contributed by atoms with van der Waals surface area (Å²) in [5, 5.41) is 0. The number of nitrogens with zero attached hydrogens (tertiary/aromatic N) is 2. The molecule has 1 aromatic heterocycles. The van der Waals surface area contributed by atoms with Crippen molar-refractivity contribution in [2.75, 3.05) is 20.0 Å². The number of rotatable bonds is 4. The van der Waals surface area contributed by atoms with Gasteiger partial charge in [0.15, 0.2) is 5.69 Å². The zero-order chi connectivity index (χ0) is 13.8. The van der Waals surface area contributed by atoms with E-state index in [4.69, 9.17) is 10.5 Å². The molecule has 0 aliphatic carbocycles. The molecule has 0 saturated carbocycles. The molecule has 0 atom stereocenters. The van der Waals surface area contributed by atoms with Crippen molar-refractivity contribution in [3.8, 4) is 5.69 Å². The number of esters is 1. The standard InChI is InChI=1S/C13H15N3O3/c1-18-7-9-5-3-4-6-10(9)16-8-15-11(12(16)14)13(17)19-2/h3-6,8H,7,14H2,1-2H3. The molecule has 0 aliphatic heterocycles. The second kappa shape index (κ2) is 5.53. The van der Waals surface area contributed by atoms with Gasteiger partial charge in [-0.1, -0.05) is 18.2 Å². The topological polar surface area (TPSA) is 79.4 Å². The third kappa shape index (κ3) is 2.43. The molecule has 0 amide bonds. The molecule has 0 saturated heterocycles. The van der Waals surface area contributed by atoms with Gasteiger partial charge in [-0.15, -0.1) is 0 Å². The number of anilines is 1. The minimum Gasteiger partial charge on any atom is -0.464 e. The summed E-state index contributed by atoms with van der Waals surface area (Å²) in [6.45, 7) is 0.446. The van der Waals surface area contributed by atoms with E-state index < -0.39 is 5.97 Å². The summed E-state index contributed by atoms with van der Waals surface area (Å²) in [6, 6.07) is 7.60. The van der Waals surface area contributed by atoms with Crippen LogP contribution in [0, 0.1) is 0 Å². The SMILES string of the molecule is COCc1ccccc1-n1cnc(C(=O)OC)c1N. The maximum atomic E-state index is 11.5. The normalized spacial score (nSPS) is 10.4. The summed E-state index contributed by atoms with van der Waals surface area (Å²) in [7, 11) is 2.91. The van der Waals surface area contributed by atoms with Gasteiger partial charge >= 0.3 is 5.97 Å².